The van der Waals surface area contributed by atoms with Crippen molar-refractivity contribution in [1.82, 2.24) is 31.9 Å². The predicted molar refractivity (Wildman–Crippen MR) is 298 cm³/mol. The second-order valence-corrected chi connectivity index (χ2v) is 21.9. The van der Waals surface area contributed by atoms with E-state index in [2.05, 4.69) is 64.6 Å². The van der Waals surface area contributed by atoms with Gasteiger partial charge in [-0.3, -0.25) is 28.8 Å². The highest BCUT2D eigenvalue weighted by Crippen LogP contribution is 2.38. The van der Waals surface area contributed by atoms with Crippen LogP contribution in [-0.4, -0.2) is 129 Å². The van der Waals surface area contributed by atoms with E-state index in [0.29, 0.717) is 52.1 Å². The maximum Gasteiger partial charge on any atom is 0.257 e. The highest BCUT2D eigenvalue weighted by Gasteiger charge is 2.15. The second kappa shape index (κ2) is 44.5. The average molecular weight is 1150 g/mol. The summed E-state index contributed by atoms with van der Waals surface area (Å²) in [6.45, 7) is 3.78. The predicted octanol–water partition coefficient (Wildman–Crippen LogP) is 5.34. The molecule has 6 amide bonds. The quantitative estimate of drug-likeness (QED) is 0.0362. The van der Waals surface area contributed by atoms with Crippen LogP contribution in [0.3, 0.4) is 0 Å². The minimum atomic E-state index is -3.36. The van der Waals surface area contributed by atoms with Crippen LogP contribution in [-0.2, 0) is 60.9 Å². The lowest BCUT2D eigenvalue weighted by atomic mass is 10.1. The summed E-state index contributed by atoms with van der Waals surface area (Å²) in [7, 11) is 2.50. The summed E-state index contributed by atoms with van der Waals surface area (Å²) in [4.78, 5) is 96.0. The Labute approximate surface area is 461 Å². The number of amides is 6. The van der Waals surface area contributed by atoms with E-state index in [1.807, 2.05) is 27.7 Å². The Bertz CT molecular complexity index is 1870. The number of carbonyl (C=O) groups is 6. The fourth-order valence-corrected chi connectivity index (χ4v) is 7.19. The van der Waals surface area contributed by atoms with Crippen LogP contribution in [0.15, 0.2) is 36.4 Å². The molecule has 0 aliphatic carbocycles. The van der Waals surface area contributed by atoms with Gasteiger partial charge in [0, 0.05) is 76.7 Å². The van der Waals surface area contributed by atoms with Crippen LogP contribution < -0.4 is 60.6 Å². The molecule has 0 saturated heterocycles. The zero-order valence-electron chi connectivity index (χ0n) is 43.7. The van der Waals surface area contributed by atoms with E-state index in [9.17, 15) is 38.6 Å². The number of rotatable bonds is 40. The minimum Gasteiger partial charge on any atom is -0.780 e. The largest absolute Gasteiger partial charge is 0.780 e. The Morgan fingerprint density at radius 1 is 0.421 bits per heavy atom. The van der Waals surface area contributed by atoms with E-state index < -0.39 is 13.4 Å². The Morgan fingerprint density at radius 3 is 0.934 bits per heavy atom. The smallest absolute Gasteiger partial charge is 0.257 e. The molecule has 0 bridgehead atoms. The maximum absolute atomic E-state index is 12.7. The van der Waals surface area contributed by atoms with Crippen LogP contribution in [0.4, 0.5) is 0 Å². The molecule has 0 aliphatic heterocycles. The summed E-state index contributed by atoms with van der Waals surface area (Å²) < 4.78 is 41.5. The third-order valence-corrected chi connectivity index (χ3v) is 13.1. The van der Waals surface area contributed by atoms with Crippen molar-refractivity contribution in [3.05, 3.63) is 47.5 Å². The molecular formula is C50H86N6O16P2S2-2. The van der Waals surface area contributed by atoms with E-state index in [1.54, 1.807) is 0 Å². The van der Waals surface area contributed by atoms with Gasteiger partial charge in [-0.25, -0.2) is 0 Å². The molecule has 0 fully saturated rings. The van der Waals surface area contributed by atoms with Gasteiger partial charge in [-0.1, -0.05) is 91.8 Å². The molecule has 0 heterocycles. The fourth-order valence-electron chi connectivity index (χ4n) is 5.82. The van der Waals surface area contributed by atoms with Crippen molar-refractivity contribution in [2.75, 3.05) is 93.1 Å². The number of hydrogen-bond donors (Lipinski definition) is 6. The lowest BCUT2D eigenvalue weighted by molar-refractivity contribution is -0.205. The van der Waals surface area contributed by atoms with Crippen LogP contribution in [0.5, 0.6) is 23.0 Å². The van der Waals surface area contributed by atoms with Gasteiger partial charge < -0.3 is 78.7 Å². The molecule has 2 rings (SSSR count). The average Bonchev–Trinajstić information content (AvgIpc) is 3.39. The van der Waals surface area contributed by atoms with Gasteiger partial charge in [0.15, 0.2) is 26.4 Å². The lowest BCUT2D eigenvalue weighted by Crippen LogP contribution is -2.30. The zero-order chi connectivity index (χ0) is 55.0. The summed E-state index contributed by atoms with van der Waals surface area (Å²) in [5.41, 5.74) is 0.564. The van der Waals surface area contributed by atoms with Crippen LogP contribution in [0, 0.1) is 0 Å². The molecule has 2 aromatic carbocycles. The first-order chi connectivity index (χ1) is 35.4. The van der Waals surface area contributed by atoms with Gasteiger partial charge in [0.2, 0.25) is 0 Å². The number of ether oxygens (including phenoxy) is 4. The van der Waals surface area contributed by atoms with Crippen LogP contribution in [0.25, 0.3) is 0 Å². The highest BCUT2D eigenvalue weighted by molar-refractivity contribution is 8.06. The molecule has 436 valence electrons. The molecule has 0 radical (unpaired) electrons. The molecule has 2 unspecified atom stereocenters. The first-order valence-electron chi connectivity index (χ1n) is 24.9. The van der Waals surface area contributed by atoms with E-state index in [4.69, 9.17) is 28.0 Å². The van der Waals surface area contributed by atoms with E-state index in [0.717, 1.165) is 64.2 Å². The number of nitrogens with one attached hydrogen (secondary N) is 6. The maximum atomic E-state index is 12.7. The Morgan fingerprint density at radius 2 is 0.684 bits per heavy atom. The third kappa shape index (κ3) is 37.3. The van der Waals surface area contributed by atoms with Crippen LogP contribution in [0.2, 0.25) is 0 Å². The molecule has 26 heteroatoms. The van der Waals surface area contributed by atoms with Gasteiger partial charge in [-0.2, -0.15) is 0 Å². The molecule has 2 atom stereocenters. The minimum absolute atomic E-state index is 0. The Balaban J connectivity index is 0. The van der Waals surface area contributed by atoms with Crippen molar-refractivity contribution in [3.8, 4) is 23.0 Å². The lowest BCUT2D eigenvalue weighted by Gasteiger charge is -2.24. The molecule has 22 nitrogen and oxygen atoms in total. The van der Waals surface area contributed by atoms with E-state index in [-0.39, 0.29) is 124 Å². The van der Waals surface area contributed by atoms with Crippen molar-refractivity contribution in [3.63, 3.8) is 0 Å². The molecule has 0 aromatic heterocycles. The van der Waals surface area contributed by atoms with Crippen molar-refractivity contribution in [2.24, 2.45) is 0 Å². The Hall–Kier alpha value is -4.48. The number of carbonyl (C=O) groups excluding carboxylic acids is 6. The number of hydrogen-bond acceptors (Lipinski definition) is 18. The second-order valence-electron chi connectivity index (χ2n) is 16.2. The number of benzene rings is 2. The summed E-state index contributed by atoms with van der Waals surface area (Å²) in [6.07, 6.45) is 9.32. The van der Waals surface area contributed by atoms with Crippen LogP contribution >= 0.6 is 13.4 Å². The summed E-state index contributed by atoms with van der Waals surface area (Å²) in [5.74, 6) is -0.674. The summed E-state index contributed by atoms with van der Waals surface area (Å²) in [6, 6.07) is 9.15. The summed E-state index contributed by atoms with van der Waals surface area (Å²) >= 11 is 9.31. The van der Waals surface area contributed by atoms with E-state index in [1.165, 1.54) is 50.6 Å². The van der Waals surface area contributed by atoms with Crippen molar-refractivity contribution in [2.45, 2.75) is 120 Å². The topological polar surface area (TPSA) is 295 Å². The van der Waals surface area contributed by atoms with Gasteiger partial charge in [-0.15, -0.1) is 0 Å². The fraction of sp³-hybridized carbons (Fsp3) is 0.640. The molecule has 0 aliphatic rings. The SMILES string of the molecule is C.C.CCCNC(=O)COc1cc(OCC(=O)NCCC)cc(C(=O)NCCCCCCOP([O-])(=S)OC)c1.CCCNC(=O)COc1cc(OCC(=O)NCCC)cc(C(=O)NCCCCCCOP([O-])(=S)OC)c1. The monoisotopic (exact) mass is 1150 g/mol. The van der Waals surface area contributed by atoms with E-state index >= 15 is 0 Å². The molecule has 0 saturated carbocycles. The molecular weight excluding hydrogens is 1070 g/mol. The Kier molecular flexibility index (Phi) is 43.1. The zero-order valence-corrected chi connectivity index (χ0v) is 47.1. The summed E-state index contributed by atoms with van der Waals surface area (Å²) in [5, 5.41) is 16.6. The molecule has 2 aromatic rings. The van der Waals surface area contributed by atoms with Gasteiger partial charge in [0.25, 0.3) is 35.4 Å². The van der Waals surface area contributed by atoms with Crippen molar-refractivity contribution >= 4 is 72.5 Å². The molecule has 76 heavy (non-hydrogen) atoms. The highest BCUT2D eigenvalue weighted by atomic mass is 32.5. The molecule has 0 spiro atoms. The van der Waals surface area contributed by atoms with Gasteiger partial charge in [0.05, 0.1) is 13.2 Å². The number of unbranched alkanes of at least 4 members (excludes halogenated alkanes) is 6. The van der Waals surface area contributed by atoms with Gasteiger partial charge >= 0.3 is 0 Å². The van der Waals surface area contributed by atoms with Crippen molar-refractivity contribution in [1.29, 1.82) is 0 Å². The van der Waals surface area contributed by atoms with Gasteiger partial charge in [0.1, 0.15) is 36.4 Å². The standard InChI is InChI=1S/2C24H40N3O8PS.2CH4/c2*1-4-10-25-22(28)17-33-20-14-19(15-21(16-20)34-18-23(29)26-11-5-2)24(30)27-12-8-6-7-9-13-35-36(31,37)32-3;;/h2*14-16H,4-13,17-18H2,1-3H3,(H,25,28)(H,26,29)(H,27,30)(H,31,37);2*1H4/p-2. The normalized spacial score (nSPS) is 12.0. The van der Waals surface area contributed by atoms with Gasteiger partial charge in [-0.05, 0) is 75.6 Å². The molecule has 6 N–H and O–H groups in total. The first kappa shape index (κ1) is 73.6. The van der Waals surface area contributed by atoms with Crippen molar-refractivity contribution < 1.29 is 75.6 Å². The third-order valence-electron chi connectivity index (χ3n) is 9.71. The van der Waals surface area contributed by atoms with Crippen LogP contribution in [0.1, 0.15) is 140 Å². The first-order valence-corrected chi connectivity index (χ1v) is 30.0.